The van der Waals surface area contributed by atoms with Crippen LogP contribution in [-0.4, -0.2) is 55.0 Å². The summed E-state index contributed by atoms with van der Waals surface area (Å²) >= 11 is 1.81. The number of benzene rings is 1. The summed E-state index contributed by atoms with van der Waals surface area (Å²) in [5, 5.41) is 2.13. The molecule has 2 aromatic rings. The first-order valence-corrected chi connectivity index (χ1v) is 10.0. The largest absolute Gasteiger partial charge is 0.362 e. The fraction of sp³-hybridized carbons (Fsp3) is 0.450. The van der Waals surface area contributed by atoms with E-state index in [4.69, 9.17) is 0 Å². The molecule has 4 rings (SSSR count). The van der Waals surface area contributed by atoms with Gasteiger partial charge in [-0.25, -0.2) is 0 Å². The minimum absolute atomic E-state index is 0.271. The van der Waals surface area contributed by atoms with Crippen LogP contribution >= 0.6 is 11.3 Å². The van der Waals surface area contributed by atoms with E-state index >= 15 is 0 Å². The molecule has 1 fully saturated rings. The summed E-state index contributed by atoms with van der Waals surface area (Å²) in [4.78, 5) is 20.9. The normalized spacial score (nSPS) is 18.2. The first kappa shape index (κ1) is 16.6. The van der Waals surface area contributed by atoms with Gasteiger partial charge in [0, 0.05) is 49.8 Å². The van der Waals surface area contributed by atoms with Gasteiger partial charge in [0.2, 0.25) is 5.91 Å². The van der Waals surface area contributed by atoms with Gasteiger partial charge in [0.15, 0.2) is 0 Å². The van der Waals surface area contributed by atoms with E-state index in [0.29, 0.717) is 6.54 Å². The number of carbonyl (C=O) groups is 1. The van der Waals surface area contributed by atoms with Crippen molar-refractivity contribution in [3.8, 4) is 0 Å². The molecular formula is C20H25N3OS. The molecule has 0 saturated carbocycles. The Hall–Kier alpha value is -1.85. The Labute approximate surface area is 153 Å². The number of hydrogen-bond donors (Lipinski definition) is 0. The topological polar surface area (TPSA) is 26.8 Å². The summed E-state index contributed by atoms with van der Waals surface area (Å²) in [5.74, 6) is 0.271. The standard InChI is InChI=1S/C20H25N3OS/c24-20(16-23-9-3-6-17-5-1-2-8-19(17)23)22-12-10-21(11-13-22)15-18-7-4-14-25-18/h1-2,4-5,7-8,14H,3,6,9-13,15-16H2. The number of hydrogen-bond acceptors (Lipinski definition) is 4. The zero-order chi connectivity index (χ0) is 17.1. The van der Waals surface area contributed by atoms with Crippen LogP contribution in [0.5, 0.6) is 0 Å². The molecule has 1 amide bonds. The number of piperazine rings is 1. The monoisotopic (exact) mass is 355 g/mol. The van der Waals surface area contributed by atoms with Gasteiger partial charge in [0.05, 0.1) is 6.54 Å². The molecule has 2 aliphatic rings. The molecular weight excluding hydrogens is 330 g/mol. The van der Waals surface area contributed by atoms with Gasteiger partial charge in [-0.2, -0.15) is 0 Å². The third kappa shape index (κ3) is 3.88. The number of thiophene rings is 1. The zero-order valence-corrected chi connectivity index (χ0v) is 15.4. The molecule has 3 heterocycles. The van der Waals surface area contributed by atoms with Crippen molar-refractivity contribution in [1.29, 1.82) is 0 Å². The van der Waals surface area contributed by atoms with Crippen LogP contribution in [0.1, 0.15) is 16.9 Å². The van der Waals surface area contributed by atoms with Gasteiger partial charge in [-0.1, -0.05) is 24.3 Å². The molecule has 1 aromatic heterocycles. The van der Waals surface area contributed by atoms with Crippen LogP contribution in [-0.2, 0) is 17.8 Å². The first-order valence-electron chi connectivity index (χ1n) is 9.15. The second kappa shape index (κ2) is 7.58. The van der Waals surface area contributed by atoms with Crippen molar-refractivity contribution in [3.63, 3.8) is 0 Å². The molecule has 132 valence electrons. The van der Waals surface area contributed by atoms with Gasteiger partial charge in [0.25, 0.3) is 0 Å². The van der Waals surface area contributed by atoms with E-state index in [-0.39, 0.29) is 5.91 Å². The highest BCUT2D eigenvalue weighted by atomic mass is 32.1. The van der Waals surface area contributed by atoms with Gasteiger partial charge in [-0.15, -0.1) is 11.3 Å². The van der Waals surface area contributed by atoms with Crippen LogP contribution in [0.25, 0.3) is 0 Å². The van der Waals surface area contributed by atoms with Gasteiger partial charge in [0.1, 0.15) is 0 Å². The summed E-state index contributed by atoms with van der Waals surface area (Å²) in [6.07, 6.45) is 2.27. The van der Waals surface area contributed by atoms with Crippen molar-refractivity contribution in [1.82, 2.24) is 9.80 Å². The van der Waals surface area contributed by atoms with Crippen molar-refractivity contribution in [2.24, 2.45) is 0 Å². The Balaban J connectivity index is 1.31. The molecule has 4 nitrogen and oxygen atoms in total. The maximum absolute atomic E-state index is 12.8. The second-order valence-corrected chi connectivity index (χ2v) is 7.92. The minimum atomic E-state index is 0.271. The lowest BCUT2D eigenvalue weighted by molar-refractivity contribution is -0.131. The molecule has 1 aromatic carbocycles. The molecule has 2 aliphatic heterocycles. The lowest BCUT2D eigenvalue weighted by Gasteiger charge is -2.37. The lowest BCUT2D eigenvalue weighted by atomic mass is 10.0. The van der Waals surface area contributed by atoms with Gasteiger partial charge in [-0.05, 0) is 35.9 Å². The van der Waals surface area contributed by atoms with Crippen LogP contribution in [0, 0.1) is 0 Å². The quantitative estimate of drug-likeness (QED) is 0.844. The Morgan fingerprint density at radius 3 is 2.64 bits per heavy atom. The number of rotatable bonds is 4. The molecule has 0 bridgehead atoms. The maximum atomic E-state index is 12.8. The van der Waals surface area contributed by atoms with Crippen LogP contribution < -0.4 is 4.90 Å². The highest BCUT2D eigenvalue weighted by molar-refractivity contribution is 7.09. The molecule has 1 saturated heterocycles. The number of fused-ring (bicyclic) bond motifs is 1. The number of anilines is 1. The molecule has 0 aliphatic carbocycles. The number of carbonyl (C=O) groups excluding carboxylic acids is 1. The van der Waals surface area contributed by atoms with Crippen molar-refractivity contribution >= 4 is 22.9 Å². The Morgan fingerprint density at radius 2 is 1.84 bits per heavy atom. The molecule has 0 radical (unpaired) electrons. The van der Waals surface area contributed by atoms with E-state index < -0.39 is 0 Å². The van der Waals surface area contributed by atoms with Crippen LogP contribution in [0.3, 0.4) is 0 Å². The lowest BCUT2D eigenvalue weighted by Crippen LogP contribution is -2.51. The smallest absolute Gasteiger partial charge is 0.242 e. The van der Waals surface area contributed by atoms with E-state index in [1.807, 2.05) is 16.2 Å². The van der Waals surface area contributed by atoms with Crippen LogP contribution in [0.2, 0.25) is 0 Å². The molecule has 25 heavy (non-hydrogen) atoms. The minimum Gasteiger partial charge on any atom is -0.362 e. The Bertz CT molecular complexity index is 707. The summed E-state index contributed by atoms with van der Waals surface area (Å²) in [6.45, 7) is 6.15. The third-order valence-electron chi connectivity index (χ3n) is 5.22. The molecule has 0 atom stereocenters. The predicted molar refractivity (Wildman–Crippen MR) is 103 cm³/mol. The van der Waals surface area contributed by atoms with Gasteiger partial charge >= 0.3 is 0 Å². The average molecular weight is 356 g/mol. The number of amides is 1. The van der Waals surface area contributed by atoms with E-state index in [9.17, 15) is 4.79 Å². The van der Waals surface area contributed by atoms with Gasteiger partial charge in [-0.3, -0.25) is 9.69 Å². The van der Waals surface area contributed by atoms with E-state index in [1.165, 1.54) is 16.1 Å². The highest BCUT2D eigenvalue weighted by Crippen LogP contribution is 2.26. The summed E-state index contributed by atoms with van der Waals surface area (Å²) < 4.78 is 0. The van der Waals surface area contributed by atoms with E-state index in [0.717, 1.165) is 52.1 Å². The van der Waals surface area contributed by atoms with E-state index in [1.54, 1.807) is 0 Å². The maximum Gasteiger partial charge on any atom is 0.242 e. The predicted octanol–water partition coefficient (Wildman–Crippen LogP) is 2.85. The first-order chi connectivity index (χ1) is 12.3. The highest BCUT2D eigenvalue weighted by Gasteiger charge is 2.24. The Morgan fingerprint density at radius 1 is 1.00 bits per heavy atom. The molecule has 5 heteroatoms. The summed E-state index contributed by atoms with van der Waals surface area (Å²) in [5.41, 5.74) is 2.63. The molecule has 0 spiro atoms. The van der Waals surface area contributed by atoms with Crippen LogP contribution in [0.4, 0.5) is 5.69 Å². The van der Waals surface area contributed by atoms with Crippen molar-refractivity contribution in [3.05, 3.63) is 52.2 Å². The summed E-state index contributed by atoms with van der Waals surface area (Å²) in [7, 11) is 0. The number of nitrogens with zero attached hydrogens (tertiary/aromatic N) is 3. The fourth-order valence-corrected chi connectivity index (χ4v) is 4.56. The summed E-state index contributed by atoms with van der Waals surface area (Å²) in [6, 6.07) is 12.8. The zero-order valence-electron chi connectivity index (χ0n) is 14.6. The molecule has 0 N–H and O–H groups in total. The number of aryl methyl sites for hydroxylation is 1. The Kier molecular flexibility index (Phi) is 5.04. The van der Waals surface area contributed by atoms with Gasteiger partial charge < -0.3 is 9.80 Å². The van der Waals surface area contributed by atoms with E-state index in [2.05, 4.69) is 51.6 Å². The molecule has 0 unspecified atom stereocenters. The van der Waals surface area contributed by atoms with Crippen molar-refractivity contribution in [2.45, 2.75) is 19.4 Å². The van der Waals surface area contributed by atoms with Crippen molar-refractivity contribution < 1.29 is 4.79 Å². The van der Waals surface area contributed by atoms with Crippen LogP contribution in [0.15, 0.2) is 41.8 Å². The number of para-hydroxylation sites is 1. The second-order valence-electron chi connectivity index (χ2n) is 6.89. The van der Waals surface area contributed by atoms with Crippen molar-refractivity contribution in [2.75, 3.05) is 44.2 Å². The SMILES string of the molecule is O=C(CN1CCCc2ccccc21)N1CCN(Cc2cccs2)CC1. The third-order valence-corrected chi connectivity index (χ3v) is 6.08. The fourth-order valence-electron chi connectivity index (χ4n) is 3.82. The average Bonchev–Trinajstić information content (AvgIpc) is 3.16.